The second-order valence-electron chi connectivity index (χ2n) is 4.18. The summed E-state index contributed by atoms with van der Waals surface area (Å²) in [6.07, 6.45) is 0. The molecule has 8 nitrogen and oxygen atoms in total. The minimum Gasteiger partial charge on any atom is -0.388 e. The van der Waals surface area contributed by atoms with Gasteiger partial charge in [0.1, 0.15) is 0 Å². The van der Waals surface area contributed by atoms with E-state index in [-0.39, 0.29) is 24.6 Å². The number of methoxy groups -OCH3 is 1. The van der Waals surface area contributed by atoms with E-state index < -0.39 is 20.6 Å². The van der Waals surface area contributed by atoms with E-state index >= 15 is 0 Å². The van der Waals surface area contributed by atoms with Crippen molar-refractivity contribution in [3.63, 3.8) is 0 Å². The van der Waals surface area contributed by atoms with E-state index in [2.05, 4.69) is 5.32 Å². The topological polar surface area (TPSA) is 102 Å². The van der Waals surface area contributed by atoms with E-state index in [1.165, 1.54) is 25.3 Å². The zero-order chi connectivity index (χ0) is 16.0. The standard InChI is InChI=1S/C12H19N3O5S/c1-4-14(7-8-20-3)21(18,19)12-6-5-10(13-2)9-11(12)15(16)17/h5-6,9,13H,4,7-8H2,1-3H3. The maximum Gasteiger partial charge on any atom is 0.291 e. The number of nitro groups is 1. The quantitative estimate of drug-likeness (QED) is 0.572. The molecule has 0 radical (unpaired) electrons. The molecule has 0 spiro atoms. The second-order valence-corrected chi connectivity index (χ2v) is 6.09. The smallest absolute Gasteiger partial charge is 0.291 e. The summed E-state index contributed by atoms with van der Waals surface area (Å²) in [6.45, 7) is 2.23. The number of benzene rings is 1. The van der Waals surface area contributed by atoms with Crippen LogP contribution in [-0.2, 0) is 14.8 Å². The molecule has 0 fully saturated rings. The molecular formula is C12H19N3O5S. The van der Waals surface area contributed by atoms with Gasteiger partial charge in [-0.05, 0) is 12.1 Å². The molecule has 0 unspecified atom stereocenters. The van der Waals surface area contributed by atoms with Crippen LogP contribution in [0.4, 0.5) is 11.4 Å². The van der Waals surface area contributed by atoms with Gasteiger partial charge < -0.3 is 10.1 Å². The predicted octanol–water partition coefficient (Wildman–Crippen LogP) is 1.29. The van der Waals surface area contributed by atoms with E-state index in [9.17, 15) is 18.5 Å². The fraction of sp³-hybridized carbons (Fsp3) is 0.500. The molecule has 1 N–H and O–H groups in total. The van der Waals surface area contributed by atoms with Crippen molar-refractivity contribution < 1.29 is 18.1 Å². The third-order valence-corrected chi connectivity index (χ3v) is 4.98. The Bertz CT molecular complexity index is 603. The molecular weight excluding hydrogens is 298 g/mol. The van der Waals surface area contributed by atoms with E-state index in [1.54, 1.807) is 14.0 Å². The largest absolute Gasteiger partial charge is 0.388 e. The van der Waals surface area contributed by atoms with Gasteiger partial charge in [-0.3, -0.25) is 10.1 Å². The Balaban J connectivity index is 3.32. The summed E-state index contributed by atoms with van der Waals surface area (Å²) in [4.78, 5) is 10.1. The van der Waals surface area contributed by atoms with Gasteiger partial charge in [-0.25, -0.2) is 8.42 Å². The average Bonchev–Trinajstić information content (AvgIpc) is 2.47. The van der Waals surface area contributed by atoms with Crippen molar-refractivity contribution in [1.82, 2.24) is 4.31 Å². The fourth-order valence-corrected chi connectivity index (χ4v) is 3.38. The maximum atomic E-state index is 12.5. The monoisotopic (exact) mass is 317 g/mol. The van der Waals surface area contributed by atoms with Crippen LogP contribution < -0.4 is 5.32 Å². The number of sulfonamides is 1. The van der Waals surface area contributed by atoms with Crippen molar-refractivity contribution >= 4 is 21.4 Å². The van der Waals surface area contributed by atoms with E-state index in [0.717, 1.165) is 4.31 Å². The minimum absolute atomic E-state index is 0.139. The highest BCUT2D eigenvalue weighted by atomic mass is 32.2. The molecule has 0 aliphatic carbocycles. The lowest BCUT2D eigenvalue weighted by Gasteiger charge is -2.20. The highest BCUT2D eigenvalue weighted by Crippen LogP contribution is 2.29. The first-order valence-electron chi connectivity index (χ1n) is 6.33. The first kappa shape index (κ1) is 17.3. The molecule has 9 heteroatoms. The van der Waals surface area contributed by atoms with Gasteiger partial charge in [-0.15, -0.1) is 0 Å². The molecule has 1 rings (SSSR count). The Labute approximate surface area is 123 Å². The SMILES string of the molecule is CCN(CCOC)S(=O)(=O)c1ccc(NC)cc1[N+](=O)[O-]. The lowest BCUT2D eigenvalue weighted by molar-refractivity contribution is -0.387. The molecule has 0 saturated carbocycles. The lowest BCUT2D eigenvalue weighted by atomic mass is 10.3. The van der Waals surface area contributed by atoms with Gasteiger partial charge >= 0.3 is 0 Å². The van der Waals surface area contributed by atoms with E-state index in [4.69, 9.17) is 4.74 Å². The molecule has 1 aromatic rings. The van der Waals surface area contributed by atoms with Crippen molar-refractivity contribution in [2.45, 2.75) is 11.8 Å². The predicted molar refractivity (Wildman–Crippen MR) is 79.0 cm³/mol. The number of hydrogen-bond acceptors (Lipinski definition) is 6. The fourth-order valence-electron chi connectivity index (χ4n) is 1.81. The summed E-state index contributed by atoms with van der Waals surface area (Å²) in [5.41, 5.74) is 0.0262. The zero-order valence-corrected chi connectivity index (χ0v) is 13.0. The lowest BCUT2D eigenvalue weighted by Crippen LogP contribution is -2.34. The summed E-state index contributed by atoms with van der Waals surface area (Å²) >= 11 is 0. The van der Waals surface area contributed by atoms with Gasteiger partial charge in [0, 0.05) is 39.0 Å². The summed E-state index contributed by atoms with van der Waals surface area (Å²) in [5, 5.41) is 13.9. The van der Waals surface area contributed by atoms with Crippen LogP contribution in [0.15, 0.2) is 23.1 Å². The Morgan fingerprint density at radius 2 is 2.10 bits per heavy atom. The van der Waals surface area contributed by atoms with E-state index in [0.29, 0.717) is 5.69 Å². The van der Waals surface area contributed by atoms with Gasteiger partial charge in [0.2, 0.25) is 10.0 Å². The summed E-state index contributed by atoms with van der Waals surface area (Å²) in [6, 6.07) is 3.94. The molecule has 0 atom stereocenters. The number of ether oxygens (including phenoxy) is 1. The first-order valence-corrected chi connectivity index (χ1v) is 7.77. The van der Waals surface area contributed by atoms with Crippen molar-refractivity contribution in [3.8, 4) is 0 Å². The summed E-state index contributed by atoms with van der Waals surface area (Å²) in [5.74, 6) is 0. The number of nitrogens with one attached hydrogen (secondary N) is 1. The first-order chi connectivity index (χ1) is 9.88. The third kappa shape index (κ3) is 3.90. The highest BCUT2D eigenvalue weighted by molar-refractivity contribution is 7.89. The van der Waals surface area contributed by atoms with Gasteiger partial charge in [-0.2, -0.15) is 4.31 Å². The summed E-state index contributed by atoms with van der Waals surface area (Å²) in [7, 11) is -0.876. The number of nitro benzene ring substituents is 1. The van der Waals surface area contributed by atoms with Gasteiger partial charge in [0.05, 0.1) is 11.5 Å². The van der Waals surface area contributed by atoms with Crippen molar-refractivity contribution in [2.75, 3.05) is 39.2 Å². The number of anilines is 1. The zero-order valence-electron chi connectivity index (χ0n) is 12.2. The molecule has 0 aliphatic heterocycles. The highest BCUT2D eigenvalue weighted by Gasteiger charge is 2.30. The van der Waals surface area contributed by atoms with Crippen molar-refractivity contribution in [3.05, 3.63) is 28.3 Å². The molecule has 0 heterocycles. The normalized spacial score (nSPS) is 11.6. The number of hydrogen-bond donors (Lipinski definition) is 1. The van der Waals surface area contributed by atoms with Gasteiger partial charge in [0.25, 0.3) is 5.69 Å². The van der Waals surface area contributed by atoms with Crippen molar-refractivity contribution in [1.29, 1.82) is 0 Å². The Kier molecular flexibility index (Phi) is 6.06. The van der Waals surface area contributed by atoms with Crippen LogP contribution in [0.3, 0.4) is 0 Å². The molecule has 0 saturated heterocycles. The molecule has 0 bridgehead atoms. The Morgan fingerprint density at radius 1 is 1.43 bits per heavy atom. The molecule has 1 aromatic carbocycles. The second kappa shape index (κ2) is 7.34. The van der Waals surface area contributed by atoms with Crippen molar-refractivity contribution in [2.24, 2.45) is 0 Å². The average molecular weight is 317 g/mol. The Hall–Kier alpha value is -1.71. The Morgan fingerprint density at radius 3 is 2.57 bits per heavy atom. The van der Waals surface area contributed by atoms with Crippen LogP contribution in [-0.4, -0.2) is 51.5 Å². The number of likely N-dealkylation sites (N-methyl/N-ethyl adjacent to an activating group) is 1. The molecule has 0 aromatic heterocycles. The number of rotatable bonds is 8. The van der Waals surface area contributed by atoms with Crippen LogP contribution >= 0.6 is 0 Å². The summed E-state index contributed by atoms with van der Waals surface area (Å²) < 4.78 is 31.1. The van der Waals surface area contributed by atoms with Crippen LogP contribution in [0.25, 0.3) is 0 Å². The van der Waals surface area contributed by atoms with Crippen LogP contribution in [0.2, 0.25) is 0 Å². The van der Waals surface area contributed by atoms with Crippen LogP contribution in [0.5, 0.6) is 0 Å². The maximum absolute atomic E-state index is 12.5. The van der Waals surface area contributed by atoms with Crippen LogP contribution in [0.1, 0.15) is 6.92 Å². The molecule has 0 aliphatic rings. The molecule has 118 valence electrons. The number of nitrogens with zero attached hydrogens (tertiary/aromatic N) is 2. The minimum atomic E-state index is -3.94. The molecule has 21 heavy (non-hydrogen) atoms. The van der Waals surface area contributed by atoms with Gasteiger partial charge in [-0.1, -0.05) is 6.92 Å². The molecule has 0 amide bonds. The van der Waals surface area contributed by atoms with Crippen LogP contribution in [0, 0.1) is 10.1 Å². The third-order valence-electron chi connectivity index (χ3n) is 2.96. The van der Waals surface area contributed by atoms with Gasteiger partial charge in [0.15, 0.2) is 4.90 Å². The van der Waals surface area contributed by atoms with E-state index in [1.807, 2.05) is 0 Å².